The van der Waals surface area contributed by atoms with Crippen LogP contribution in [0.4, 0.5) is 5.69 Å². The molecule has 6 nitrogen and oxygen atoms in total. The first-order valence-corrected chi connectivity index (χ1v) is 8.76. The van der Waals surface area contributed by atoms with E-state index < -0.39 is 5.97 Å². The SMILES string of the molecule is Cc1ccc(N2C[C@@H](C(=O)N3CCC(C(=O)O)CC3)CC2=O)c(C)c1. The second-order valence-corrected chi connectivity index (χ2v) is 7.13. The Labute approximate surface area is 147 Å². The lowest BCUT2D eigenvalue weighted by atomic mass is 9.95. The van der Waals surface area contributed by atoms with Crippen LogP contribution >= 0.6 is 0 Å². The fraction of sp³-hybridized carbons (Fsp3) is 0.526. The minimum Gasteiger partial charge on any atom is -0.481 e. The van der Waals surface area contributed by atoms with Crippen molar-refractivity contribution in [1.82, 2.24) is 4.90 Å². The van der Waals surface area contributed by atoms with Gasteiger partial charge in [-0.05, 0) is 38.3 Å². The molecule has 134 valence electrons. The van der Waals surface area contributed by atoms with E-state index >= 15 is 0 Å². The lowest BCUT2D eigenvalue weighted by molar-refractivity contribution is -0.146. The van der Waals surface area contributed by atoms with Crippen LogP contribution in [-0.4, -0.2) is 47.4 Å². The van der Waals surface area contributed by atoms with Crippen LogP contribution in [0.25, 0.3) is 0 Å². The Bertz CT molecular complexity index is 707. The van der Waals surface area contributed by atoms with Gasteiger partial charge in [0, 0.05) is 31.7 Å². The average Bonchev–Trinajstić information content (AvgIpc) is 2.96. The van der Waals surface area contributed by atoms with Crippen molar-refractivity contribution in [1.29, 1.82) is 0 Å². The van der Waals surface area contributed by atoms with E-state index in [-0.39, 0.29) is 30.1 Å². The Morgan fingerprint density at radius 1 is 1.12 bits per heavy atom. The van der Waals surface area contributed by atoms with E-state index in [1.54, 1.807) is 9.80 Å². The number of carbonyl (C=O) groups excluding carboxylic acids is 2. The number of aryl methyl sites for hydroxylation is 2. The summed E-state index contributed by atoms with van der Waals surface area (Å²) in [4.78, 5) is 39.6. The highest BCUT2D eigenvalue weighted by Gasteiger charge is 2.38. The maximum absolute atomic E-state index is 12.7. The van der Waals surface area contributed by atoms with Crippen LogP contribution in [0.5, 0.6) is 0 Å². The summed E-state index contributed by atoms with van der Waals surface area (Å²) >= 11 is 0. The highest BCUT2D eigenvalue weighted by Crippen LogP contribution is 2.30. The summed E-state index contributed by atoms with van der Waals surface area (Å²) in [5.74, 6) is -1.53. The van der Waals surface area contributed by atoms with Crippen LogP contribution in [0.3, 0.4) is 0 Å². The maximum Gasteiger partial charge on any atom is 0.306 e. The molecule has 2 amide bonds. The zero-order valence-corrected chi connectivity index (χ0v) is 14.7. The molecule has 2 heterocycles. The summed E-state index contributed by atoms with van der Waals surface area (Å²) in [7, 11) is 0. The zero-order chi connectivity index (χ0) is 18.1. The monoisotopic (exact) mass is 344 g/mol. The smallest absolute Gasteiger partial charge is 0.306 e. The summed E-state index contributed by atoms with van der Waals surface area (Å²) in [6.07, 6.45) is 1.20. The largest absolute Gasteiger partial charge is 0.481 e. The minimum absolute atomic E-state index is 0.0225. The Kier molecular flexibility index (Phi) is 4.79. The average molecular weight is 344 g/mol. The third-order valence-corrected chi connectivity index (χ3v) is 5.27. The molecule has 25 heavy (non-hydrogen) atoms. The molecule has 1 N–H and O–H groups in total. The first-order valence-electron chi connectivity index (χ1n) is 8.76. The molecule has 0 spiro atoms. The van der Waals surface area contributed by atoms with Gasteiger partial charge in [-0.25, -0.2) is 0 Å². The summed E-state index contributed by atoms with van der Waals surface area (Å²) in [6, 6.07) is 5.95. The molecule has 1 aromatic rings. The number of anilines is 1. The first kappa shape index (κ1) is 17.5. The Morgan fingerprint density at radius 3 is 2.40 bits per heavy atom. The van der Waals surface area contributed by atoms with Crippen molar-refractivity contribution < 1.29 is 19.5 Å². The molecular weight excluding hydrogens is 320 g/mol. The van der Waals surface area contributed by atoms with Gasteiger partial charge in [0.25, 0.3) is 0 Å². The van der Waals surface area contributed by atoms with Crippen molar-refractivity contribution in [3.63, 3.8) is 0 Å². The highest BCUT2D eigenvalue weighted by atomic mass is 16.4. The van der Waals surface area contributed by atoms with Gasteiger partial charge >= 0.3 is 5.97 Å². The van der Waals surface area contributed by atoms with Crippen LogP contribution in [0.15, 0.2) is 18.2 Å². The molecule has 0 saturated carbocycles. The number of hydrogen-bond donors (Lipinski definition) is 1. The van der Waals surface area contributed by atoms with Gasteiger partial charge in [-0.2, -0.15) is 0 Å². The number of carboxylic acids is 1. The standard InChI is InChI=1S/C19H24N2O4/c1-12-3-4-16(13(2)9-12)21-11-15(10-17(21)22)18(23)20-7-5-14(6-8-20)19(24)25/h3-4,9,14-15H,5-8,10-11H2,1-2H3,(H,24,25)/t15-/m0/s1. The fourth-order valence-electron chi connectivity index (χ4n) is 3.82. The summed E-state index contributed by atoms with van der Waals surface area (Å²) in [5, 5.41) is 9.06. The number of hydrogen-bond acceptors (Lipinski definition) is 3. The number of likely N-dealkylation sites (tertiary alicyclic amines) is 1. The highest BCUT2D eigenvalue weighted by molar-refractivity contribution is 6.00. The second kappa shape index (κ2) is 6.86. The number of carbonyl (C=O) groups is 3. The van der Waals surface area contributed by atoms with E-state index in [0.717, 1.165) is 16.8 Å². The van der Waals surface area contributed by atoms with Crippen LogP contribution in [0, 0.1) is 25.7 Å². The summed E-state index contributed by atoms with van der Waals surface area (Å²) in [5.41, 5.74) is 3.04. The van der Waals surface area contributed by atoms with Crippen molar-refractivity contribution in [2.24, 2.45) is 11.8 Å². The predicted molar refractivity (Wildman–Crippen MR) is 93.3 cm³/mol. The number of rotatable bonds is 3. The van der Waals surface area contributed by atoms with Crippen LogP contribution in [0.1, 0.15) is 30.4 Å². The van der Waals surface area contributed by atoms with Crippen LogP contribution in [-0.2, 0) is 14.4 Å². The number of piperidine rings is 1. The van der Waals surface area contributed by atoms with Gasteiger partial charge in [-0.1, -0.05) is 17.7 Å². The second-order valence-electron chi connectivity index (χ2n) is 7.13. The van der Waals surface area contributed by atoms with Gasteiger partial charge in [0.15, 0.2) is 0 Å². The van der Waals surface area contributed by atoms with Gasteiger partial charge in [-0.15, -0.1) is 0 Å². The Balaban J connectivity index is 1.66. The molecule has 0 aliphatic carbocycles. The van der Waals surface area contributed by atoms with E-state index in [0.29, 0.717) is 32.5 Å². The number of aliphatic carboxylic acids is 1. The lowest BCUT2D eigenvalue weighted by Crippen LogP contribution is -2.43. The molecule has 2 fully saturated rings. The molecule has 6 heteroatoms. The molecule has 0 aromatic heterocycles. The van der Waals surface area contributed by atoms with Crippen molar-refractivity contribution in [2.75, 3.05) is 24.5 Å². The fourth-order valence-corrected chi connectivity index (χ4v) is 3.82. The van der Waals surface area contributed by atoms with Gasteiger partial charge in [0.2, 0.25) is 11.8 Å². The lowest BCUT2D eigenvalue weighted by Gasteiger charge is -2.31. The van der Waals surface area contributed by atoms with E-state index in [2.05, 4.69) is 0 Å². The quantitative estimate of drug-likeness (QED) is 0.909. The molecule has 2 saturated heterocycles. The molecular formula is C19H24N2O4. The van der Waals surface area contributed by atoms with E-state index in [1.165, 1.54) is 0 Å². The number of benzene rings is 1. The van der Waals surface area contributed by atoms with Crippen LogP contribution < -0.4 is 4.90 Å². The summed E-state index contributed by atoms with van der Waals surface area (Å²) in [6.45, 7) is 5.31. The van der Waals surface area contributed by atoms with E-state index in [1.807, 2.05) is 32.0 Å². The first-order chi connectivity index (χ1) is 11.9. The number of nitrogens with zero attached hydrogens (tertiary/aromatic N) is 2. The number of amides is 2. The third kappa shape index (κ3) is 3.52. The summed E-state index contributed by atoms with van der Waals surface area (Å²) < 4.78 is 0. The van der Waals surface area contributed by atoms with E-state index in [9.17, 15) is 14.4 Å². The van der Waals surface area contributed by atoms with Gasteiger partial charge < -0.3 is 14.9 Å². The minimum atomic E-state index is -0.788. The molecule has 2 aliphatic heterocycles. The zero-order valence-electron chi connectivity index (χ0n) is 14.7. The maximum atomic E-state index is 12.7. The van der Waals surface area contributed by atoms with Gasteiger partial charge in [0.1, 0.15) is 0 Å². The van der Waals surface area contributed by atoms with Gasteiger partial charge in [-0.3, -0.25) is 14.4 Å². The molecule has 1 aromatic carbocycles. The normalized spacial score (nSPS) is 21.7. The third-order valence-electron chi connectivity index (χ3n) is 5.27. The molecule has 0 bridgehead atoms. The van der Waals surface area contributed by atoms with Crippen molar-refractivity contribution in [2.45, 2.75) is 33.1 Å². The molecule has 3 rings (SSSR count). The Hall–Kier alpha value is -2.37. The molecule has 0 unspecified atom stereocenters. The Morgan fingerprint density at radius 2 is 1.80 bits per heavy atom. The number of carboxylic acid groups (broad SMARTS) is 1. The van der Waals surface area contributed by atoms with Crippen molar-refractivity contribution >= 4 is 23.5 Å². The topological polar surface area (TPSA) is 77.9 Å². The molecule has 0 radical (unpaired) electrons. The van der Waals surface area contributed by atoms with E-state index in [4.69, 9.17) is 5.11 Å². The molecule has 2 aliphatic rings. The van der Waals surface area contributed by atoms with Gasteiger partial charge in [0.05, 0.1) is 11.8 Å². The van der Waals surface area contributed by atoms with Crippen molar-refractivity contribution in [3.8, 4) is 0 Å². The van der Waals surface area contributed by atoms with Crippen molar-refractivity contribution in [3.05, 3.63) is 29.3 Å². The molecule has 1 atom stereocenters. The van der Waals surface area contributed by atoms with Crippen LogP contribution in [0.2, 0.25) is 0 Å². The predicted octanol–water partition coefficient (Wildman–Crippen LogP) is 1.98.